The van der Waals surface area contributed by atoms with E-state index in [1.807, 2.05) is 6.92 Å². The predicted molar refractivity (Wildman–Crippen MR) is 71.7 cm³/mol. The van der Waals surface area contributed by atoms with Gasteiger partial charge in [0.15, 0.2) is 0 Å². The number of ether oxygens (including phenoxy) is 1. The van der Waals surface area contributed by atoms with E-state index < -0.39 is 5.97 Å². The highest BCUT2D eigenvalue weighted by atomic mass is 32.1. The van der Waals surface area contributed by atoms with E-state index in [2.05, 4.69) is 0 Å². The summed E-state index contributed by atoms with van der Waals surface area (Å²) in [7, 11) is 1.57. The molecule has 6 heteroatoms. The van der Waals surface area contributed by atoms with Gasteiger partial charge in [0, 0.05) is 24.5 Å². The summed E-state index contributed by atoms with van der Waals surface area (Å²) in [6, 6.07) is 1.72. The van der Waals surface area contributed by atoms with Crippen LogP contribution in [-0.2, 0) is 4.79 Å². The van der Waals surface area contributed by atoms with Gasteiger partial charge in [-0.1, -0.05) is 6.92 Å². The number of rotatable bonds is 3. The summed E-state index contributed by atoms with van der Waals surface area (Å²) in [4.78, 5) is 25.7. The van der Waals surface area contributed by atoms with E-state index in [4.69, 9.17) is 9.84 Å². The van der Waals surface area contributed by atoms with E-state index in [1.165, 1.54) is 11.3 Å². The molecule has 0 aromatic carbocycles. The first-order valence-electron chi connectivity index (χ1n) is 6.17. The second-order valence-corrected chi connectivity index (χ2v) is 5.72. The first kappa shape index (κ1) is 13.9. The van der Waals surface area contributed by atoms with Crippen LogP contribution >= 0.6 is 11.3 Å². The summed E-state index contributed by atoms with van der Waals surface area (Å²) in [6.07, 6.45) is 0.519. The summed E-state index contributed by atoms with van der Waals surface area (Å²) < 4.78 is 5.06. The standard InChI is InChI=1S/C13H17NO4S/c1-8-6-14(4-3-10(8)13(16)17)12(15)11-5-9(18-2)7-19-11/h5,7-8,10H,3-4,6H2,1-2H3,(H,16,17). The highest BCUT2D eigenvalue weighted by molar-refractivity contribution is 7.12. The number of hydrogen-bond donors (Lipinski definition) is 1. The molecule has 104 valence electrons. The van der Waals surface area contributed by atoms with Crippen molar-refractivity contribution in [3.63, 3.8) is 0 Å². The molecule has 19 heavy (non-hydrogen) atoms. The second-order valence-electron chi connectivity index (χ2n) is 4.81. The van der Waals surface area contributed by atoms with Crippen molar-refractivity contribution in [2.45, 2.75) is 13.3 Å². The van der Waals surface area contributed by atoms with Gasteiger partial charge in [-0.05, 0) is 12.3 Å². The lowest BCUT2D eigenvalue weighted by Crippen LogP contribution is -2.44. The van der Waals surface area contributed by atoms with E-state index in [1.54, 1.807) is 23.5 Å². The van der Waals surface area contributed by atoms with E-state index in [-0.39, 0.29) is 17.7 Å². The van der Waals surface area contributed by atoms with Crippen LogP contribution in [-0.4, -0.2) is 42.1 Å². The molecule has 1 N–H and O–H groups in total. The molecule has 1 aliphatic heterocycles. The molecule has 2 rings (SSSR count). The highest BCUT2D eigenvalue weighted by Gasteiger charge is 2.33. The lowest BCUT2D eigenvalue weighted by molar-refractivity contribution is -0.145. The first-order valence-corrected chi connectivity index (χ1v) is 7.05. The SMILES string of the molecule is COc1csc(C(=O)N2CCC(C(=O)O)C(C)C2)c1. The van der Waals surface area contributed by atoms with Crippen LogP contribution in [0.3, 0.4) is 0 Å². The fourth-order valence-corrected chi connectivity index (χ4v) is 3.21. The molecule has 2 heterocycles. The summed E-state index contributed by atoms with van der Waals surface area (Å²) in [5.41, 5.74) is 0. The Hall–Kier alpha value is -1.56. The second kappa shape index (κ2) is 5.61. The van der Waals surface area contributed by atoms with Crippen molar-refractivity contribution in [3.05, 3.63) is 16.3 Å². The fourth-order valence-electron chi connectivity index (χ4n) is 2.39. The summed E-state index contributed by atoms with van der Waals surface area (Å²) in [5, 5.41) is 10.9. The van der Waals surface area contributed by atoms with Crippen LogP contribution in [0, 0.1) is 11.8 Å². The maximum absolute atomic E-state index is 12.3. The minimum absolute atomic E-state index is 0.0166. The van der Waals surface area contributed by atoms with Gasteiger partial charge in [-0.25, -0.2) is 0 Å². The molecule has 5 nitrogen and oxygen atoms in total. The molecule has 1 aromatic rings. The number of nitrogens with zero attached hydrogens (tertiary/aromatic N) is 1. The molecule has 0 aliphatic carbocycles. The van der Waals surface area contributed by atoms with Crippen molar-refractivity contribution < 1.29 is 19.4 Å². The van der Waals surface area contributed by atoms with Crippen LogP contribution in [0.4, 0.5) is 0 Å². The molecular formula is C13H17NO4S. The largest absolute Gasteiger partial charge is 0.496 e. The predicted octanol–water partition coefficient (Wildman–Crippen LogP) is 1.94. The smallest absolute Gasteiger partial charge is 0.306 e. The van der Waals surface area contributed by atoms with Crippen molar-refractivity contribution >= 4 is 23.2 Å². The van der Waals surface area contributed by atoms with Crippen molar-refractivity contribution in [2.75, 3.05) is 20.2 Å². The number of carbonyl (C=O) groups is 2. The zero-order valence-electron chi connectivity index (χ0n) is 11.0. The molecule has 2 unspecified atom stereocenters. The number of thiophene rings is 1. The number of carboxylic acid groups (broad SMARTS) is 1. The summed E-state index contributed by atoms with van der Waals surface area (Å²) in [6.45, 7) is 2.88. The zero-order valence-corrected chi connectivity index (χ0v) is 11.8. The van der Waals surface area contributed by atoms with Gasteiger partial charge in [-0.2, -0.15) is 0 Å². The maximum atomic E-state index is 12.3. The summed E-state index contributed by atoms with van der Waals surface area (Å²) in [5.74, 6) is -0.484. The van der Waals surface area contributed by atoms with E-state index in [0.717, 1.165) is 0 Å². The van der Waals surface area contributed by atoms with Crippen LogP contribution in [0.15, 0.2) is 11.4 Å². The van der Waals surface area contributed by atoms with Gasteiger partial charge >= 0.3 is 5.97 Å². The molecule has 1 amide bonds. The molecule has 1 aromatic heterocycles. The Labute approximate surface area is 115 Å². The summed E-state index contributed by atoms with van der Waals surface area (Å²) >= 11 is 1.35. The third-order valence-electron chi connectivity index (χ3n) is 3.53. The zero-order chi connectivity index (χ0) is 14.0. The Morgan fingerprint density at radius 3 is 2.79 bits per heavy atom. The molecule has 0 saturated carbocycles. The third kappa shape index (κ3) is 2.89. The highest BCUT2D eigenvalue weighted by Crippen LogP contribution is 2.27. The molecule has 1 aliphatic rings. The molecule has 0 bridgehead atoms. The van der Waals surface area contributed by atoms with E-state index >= 15 is 0 Å². The number of amides is 1. The monoisotopic (exact) mass is 283 g/mol. The lowest BCUT2D eigenvalue weighted by atomic mass is 9.87. The Bertz CT molecular complexity index is 485. The molecule has 1 fully saturated rings. The molecule has 0 radical (unpaired) electrons. The Balaban J connectivity index is 2.03. The number of methoxy groups -OCH3 is 1. The minimum Gasteiger partial charge on any atom is -0.496 e. The van der Waals surface area contributed by atoms with Crippen molar-refractivity contribution in [1.82, 2.24) is 4.90 Å². The van der Waals surface area contributed by atoms with Crippen molar-refractivity contribution in [3.8, 4) is 5.75 Å². The molecule has 1 saturated heterocycles. The van der Waals surface area contributed by atoms with Crippen LogP contribution in [0.2, 0.25) is 0 Å². The number of hydrogen-bond acceptors (Lipinski definition) is 4. The van der Waals surface area contributed by atoms with Crippen LogP contribution in [0.25, 0.3) is 0 Å². The quantitative estimate of drug-likeness (QED) is 0.920. The van der Waals surface area contributed by atoms with Crippen molar-refractivity contribution in [1.29, 1.82) is 0 Å². The van der Waals surface area contributed by atoms with Gasteiger partial charge in [0.05, 0.1) is 17.9 Å². The number of carbonyl (C=O) groups excluding carboxylic acids is 1. The third-order valence-corrected chi connectivity index (χ3v) is 4.43. The molecule has 2 atom stereocenters. The maximum Gasteiger partial charge on any atom is 0.306 e. The normalized spacial score (nSPS) is 23.2. The van der Waals surface area contributed by atoms with Crippen LogP contribution in [0.5, 0.6) is 5.75 Å². The van der Waals surface area contributed by atoms with Gasteiger partial charge in [-0.15, -0.1) is 11.3 Å². The number of piperidine rings is 1. The van der Waals surface area contributed by atoms with Gasteiger partial charge < -0.3 is 14.7 Å². The number of likely N-dealkylation sites (tertiary alicyclic amines) is 1. The van der Waals surface area contributed by atoms with Gasteiger partial charge in [-0.3, -0.25) is 9.59 Å². The number of aliphatic carboxylic acids is 1. The Kier molecular flexibility index (Phi) is 4.09. The van der Waals surface area contributed by atoms with Crippen molar-refractivity contribution in [2.24, 2.45) is 11.8 Å². The fraction of sp³-hybridized carbons (Fsp3) is 0.538. The van der Waals surface area contributed by atoms with Gasteiger partial charge in [0.1, 0.15) is 5.75 Å². The lowest BCUT2D eigenvalue weighted by Gasteiger charge is -2.34. The molecule has 0 spiro atoms. The molecular weight excluding hydrogens is 266 g/mol. The first-order chi connectivity index (χ1) is 9.02. The Morgan fingerprint density at radius 2 is 2.26 bits per heavy atom. The Morgan fingerprint density at radius 1 is 1.53 bits per heavy atom. The average Bonchev–Trinajstić information content (AvgIpc) is 2.86. The van der Waals surface area contributed by atoms with Gasteiger partial charge in [0.2, 0.25) is 0 Å². The minimum atomic E-state index is -0.766. The van der Waals surface area contributed by atoms with Gasteiger partial charge in [0.25, 0.3) is 5.91 Å². The average molecular weight is 283 g/mol. The van der Waals surface area contributed by atoms with Crippen LogP contribution < -0.4 is 4.74 Å². The van der Waals surface area contributed by atoms with E-state index in [0.29, 0.717) is 30.1 Å². The van der Waals surface area contributed by atoms with E-state index in [9.17, 15) is 9.59 Å². The van der Waals surface area contributed by atoms with Crippen LogP contribution in [0.1, 0.15) is 23.0 Å². The topological polar surface area (TPSA) is 66.8 Å². The number of carboxylic acids is 1.